The summed E-state index contributed by atoms with van der Waals surface area (Å²) in [5.74, 6) is -2.91. The van der Waals surface area contributed by atoms with E-state index >= 15 is 0 Å². The van der Waals surface area contributed by atoms with Gasteiger partial charge < -0.3 is 19.5 Å². The van der Waals surface area contributed by atoms with Crippen LogP contribution in [0, 0.1) is 6.92 Å². The SMILES string of the molecule is Cc1ccc(-c2noc(C3CC(F)(F)C3)n2)cc1NC(=O)c1cnc2ccc(N3CCO[C@H](C)C3)cn12. The molecule has 1 N–H and O–H groups in total. The Morgan fingerprint density at radius 3 is 2.84 bits per heavy atom. The van der Waals surface area contributed by atoms with E-state index in [9.17, 15) is 13.6 Å². The summed E-state index contributed by atoms with van der Waals surface area (Å²) in [7, 11) is 0. The third-order valence-electron chi connectivity index (χ3n) is 6.95. The molecule has 2 fully saturated rings. The van der Waals surface area contributed by atoms with Crippen molar-refractivity contribution in [1.29, 1.82) is 0 Å². The number of hydrogen-bond donors (Lipinski definition) is 1. The molecule has 1 atom stereocenters. The first-order valence-electron chi connectivity index (χ1n) is 12.2. The van der Waals surface area contributed by atoms with Gasteiger partial charge >= 0.3 is 0 Å². The molecule has 4 aromatic rings. The Balaban J connectivity index is 1.23. The van der Waals surface area contributed by atoms with E-state index in [-0.39, 0.29) is 30.7 Å². The molecule has 37 heavy (non-hydrogen) atoms. The van der Waals surface area contributed by atoms with Crippen molar-refractivity contribution in [3.8, 4) is 11.4 Å². The number of pyridine rings is 1. The molecule has 192 valence electrons. The number of aryl methyl sites for hydroxylation is 1. The molecule has 1 aromatic carbocycles. The Morgan fingerprint density at radius 1 is 1.22 bits per heavy atom. The smallest absolute Gasteiger partial charge is 0.274 e. The van der Waals surface area contributed by atoms with Crippen molar-refractivity contribution in [1.82, 2.24) is 19.5 Å². The number of ether oxygens (including phenoxy) is 1. The largest absolute Gasteiger partial charge is 0.375 e. The summed E-state index contributed by atoms with van der Waals surface area (Å²) >= 11 is 0. The number of amides is 1. The van der Waals surface area contributed by atoms with Gasteiger partial charge in [0.25, 0.3) is 5.91 Å². The van der Waals surface area contributed by atoms with E-state index in [2.05, 4.69) is 25.3 Å². The first-order chi connectivity index (χ1) is 17.8. The zero-order valence-electron chi connectivity index (χ0n) is 20.4. The molecule has 1 aliphatic heterocycles. The maximum absolute atomic E-state index is 13.3. The number of halogens is 2. The van der Waals surface area contributed by atoms with Crippen molar-refractivity contribution in [2.45, 2.75) is 44.6 Å². The van der Waals surface area contributed by atoms with Crippen LogP contribution < -0.4 is 10.2 Å². The third-order valence-corrected chi connectivity index (χ3v) is 6.95. The zero-order chi connectivity index (χ0) is 25.7. The van der Waals surface area contributed by atoms with Crippen LogP contribution in [0.15, 0.2) is 47.2 Å². The number of carbonyl (C=O) groups is 1. The Labute approximate surface area is 211 Å². The number of aromatic nitrogens is 4. The Morgan fingerprint density at radius 2 is 2.05 bits per heavy atom. The first-order valence-corrected chi connectivity index (χ1v) is 12.2. The standard InChI is InChI=1S/C26H26F2N6O3/c1-15-3-4-17(23-31-25(37-32-23)18-10-26(27,28)11-18)9-20(15)30-24(35)21-12-29-22-6-5-19(14-34(21)22)33-7-8-36-16(2)13-33/h3-6,9,12,14,16,18H,7-8,10-11,13H2,1-2H3,(H,30,35)/t16-/m1/s1. The van der Waals surface area contributed by atoms with Gasteiger partial charge in [-0.15, -0.1) is 0 Å². The lowest BCUT2D eigenvalue weighted by Crippen LogP contribution is -2.41. The molecule has 0 spiro atoms. The van der Waals surface area contributed by atoms with Gasteiger partial charge in [-0.1, -0.05) is 17.3 Å². The highest BCUT2D eigenvalue weighted by Crippen LogP contribution is 2.48. The van der Waals surface area contributed by atoms with Crippen LogP contribution in [0.5, 0.6) is 0 Å². The number of morpholine rings is 1. The van der Waals surface area contributed by atoms with Gasteiger partial charge in [0.2, 0.25) is 17.6 Å². The number of carbonyl (C=O) groups excluding carboxylic acids is 1. The number of nitrogens with one attached hydrogen (secondary N) is 1. The van der Waals surface area contributed by atoms with Gasteiger partial charge in [0.1, 0.15) is 11.3 Å². The van der Waals surface area contributed by atoms with Gasteiger partial charge in [0, 0.05) is 49.3 Å². The number of benzene rings is 1. The fourth-order valence-corrected chi connectivity index (χ4v) is 4.81. The molecule has 0 bridgehead atoms. The number of fused-ring (bicyclic) bond motifs is 1. The molecule has 1 saturated heterocycles. The number of hydrogen-bond acceptors (Lipinski definition) is 7. The predicted octanol–water partition coefficient (Wildman–Crippen LogP) is 4.68. The third kappa shape index (κ3) is 4.55. The summed E-state index contributed by atoms with van der Waals surface area (Å²) in [5.41, 5.74) is 4.10. The van der Waals surface area contributed by atoms with Crippen molar-refractivity contribution in [3.63, 3.8) is 0 Å². The van der Waals surface area contributed by atoms with Crippen molar-refractivity contribution < 1.29 is 22.8 Å². The summed E-state index contributed by atoms with van der Waals surface area (Å²) in [4.78, 5) is 24.2. The average Bonchev–Trinajstić information content (AvgIpc) is 3.51. The van der Waals surface area contributed by atoms with E-state index in [4.69, 9.17) is 9.26 Å². The minimum absolute atomic E-state index is 0.134. The van der Waals surface area contributed by atoms with Crippen LogP contribution in [0.4, 0.5) is 20.2 Å². The average molecular weight is 509 g/mol. The van der Waals surface area contributed by atoms with Gasteiger partial charge in [-0.25, -0.2) is 13.8 Å². The summed E-state index contributed by atoms with van der Waals surface area (Å²) in [6.45, 7) is 6.12. The fraction of sp³-hybridized carbons (Fsp3) is 0.385. The summed E-state index contributed by atoms with van der Waals surface area (Å²) in [5, 5.41) is 6.93. The molecule has 1 saturated carbocycles. The van der Waals surface area contributed by atoms with Crippen LogP contribution in [-0.2, 0) is 4.74 Å². The van der Waals surface area contributed by atoms with Crippen LogP contribution in [0.3, 0.4) is 0 Å². The summed E-state index contributed by atoms with van der Waals surface area (Å²) in [6, 6.07) is 9.29. The van der Waals surface area contributed by atoms with Gasteiger partial charge in [0.05, 0.1) is 24.6 Å². The first kappa shape index (κ1) is 23.5. The van der Waals surface area contributed by atoms with Crippen molar-refractivity contribution in [2.75, 3.05) is 29.9 Å². The highest BCUT2D eigenvalue weighted by Gasteiger charge is 2.48. The molecule has 9 nitrogen and oxygen atoms in total. The molecule has 11 heteroatoms. The van der Waals surface area contributed by atoms with E-state index in [1.54, 1.807) is 22.7 Å². The predicted molar refractivity (Wildman–Crippen MR) is 132 cm³/mol. The molecule has 2 aliphatic rings. The van der Waals surface area contributed by atoms with E-state index in [1.807, 2.05) is 38.2 Å². The minimum Gasteiger partial charge on any atom is -0.375 e. The molecule has 4 heterocycles. The van der Waals surface area contributed by atoms with E-state index in [1.165, 1.54) is 0 Å². The number of anilines is 2. The highest BCUT2D eigenvalue weighted by atomic mass is 19.3. The molecule has 3 aromatic heterocycles. The second-order valence-electron chi connectivity index (χ2n) is 9.79. The number of rotatable bonds is 5. The van der Waals surface area contributed by atoms with Gasteiger partial charge in [-0.2, -0.15) is 4.98 Å². The molecular formula is C26H26F2N6O3. The molecule has 6 rings (SSSR count). The Hall–Kier alpha value is -3.86. The molecule has 1 aliphatic carbocycles. The van der Waals surface area contributed by atoms with Crippen molar-refractivity contribution >= 4 is 22.9 Å². The Bertz CT molecular complexity index is 1470. The molecular weight excluding hydrogens is 482 g/mol. The minimum atomic E-state index is -2.67. The summed E-state index contributed by atoms with van der Waals surface area (Å²) < 4.78 is 39.1. The topological polar surface area (TPSA) is 97.8 Å². The number of alkyl halides is 2. The monoisotopic (exact) mass is 508 g/mol. The lowest BCUT2D eigenvalue weighted by molar-refractivity contribution is -0.0925. The zero-order valence-corrected chi connectivity index (χ0v) is 20.4. The molecule has 0 radical (unpaired) electrons. The molecule has 1 amide bonds. The van der Waals surface area contributed by atoms with Crippen LogP contribution in [0.25, 0.3) is 17.0 Å². The van der Waals surface area contributed by atoms with Gasteiger partial charge in [0.15, 0.2) is 0 Å². The molecule has 0 unspecified atom stereocenters. The van der Waals surface area contributed by atoms with Crippen molar-refractivity contribution in [2.24, 2.45) is 0 Å². The highest BCUT2D eigenvalue weighted by molar-refractivity contribution is 6.04. The maximum Gasteiger partial charge on any atom is 0.274 e. The maximum atomic E-state index is 13.3. The van der Waals surface area contributed by atoms with E-state index < -0.39 is 11.8 Å². The Kier molecular flexibility index (Phi) is 5.67. The van der Waals surface area contributed by atoms with Crippen LogP contribution in [-0.4, -0.2) is 57.2 Å². The van der Waals surface area contributed by atoms with E-state index in [0.29, 0.717) is 35.0 Å². The number of imidazole rings is 1. The van der Waals surface area contributed by atoms with Crippen LogP contribution >= 0.6 is 0 Å². The lowest BCUT2D eigenvalue weighted by atomic mass is 9.81. The van der Waals surface area contributed by atoms with Crippen molar-refractivity contribution in [3.05, 3.63) is 59.9 Å². The van der Waals surface area contributed by atoms with Gasteiger partial charge in [-0.3, -0.25) is 9.20 Å². The van der Waals surface area contributed by atoms with Gasteiger partial charge in [-0.05, 0) is 37.6 Å². The summed E-state index contributed by atoms with van der Waals surface area (Å²) in [6.07, 6.45) is 3.04. The quantitative estimate of drug-likeness (QED) is 0.418. The number of nitrogens with zero attached hydrogens (tertiary/aromatic N) is 5. The van der Waals surface area contributed by atoms with Crippen LogP contribution in [0.2, 0.25) is 0 Å². The van der Waals surface area contributed by atoms with Crippen LogP contribution in [0.1, 0.15) is 47.6 Å². The fourth-order valence-electron chi connectivity index (χ4n) is 4.81. The lowest BCUT2D eigenvalue weighted by Gasteiger charge is -2.32. The second kappa shape index (κ2) is 8.91. The second-order valence-corrected chi connectivity index (χ2v) is 9.79. The normalized spacial score (nSPS) is 19.7. The van der Waals surface area contributed by atoms with E-state index in [0.717, 1.165) is 24.3 Å².